The standard InChI is InChI=1S/C27H33F3N2O2/c1-25-14-12-18-16(8-11-22-26(18,2)15-13-23(33)32(22)3)17(25)9-10-20(25)24(34)31-21-7-5-4-6-19(21)27(28,29)30/h4-7,13,15-18,20,22H,8-12,14H2,1-3H3,(H,31,34)/t16?,17?,18?,20?,22?,25-,26+/m0/s1. The lowest BCUT2D eigenvalue weighted by Gasteiger charge is -2.60. The predicted octanol–water partition coefficient (Wildman–Crippen LogP) is 5.90. The molecule has 3 aliphatic carbocycles. The van der Waals surface area contributed by atoms with Gasteiger partial charge in [-0.1, -0.05) is 32.1 Å². The van der Waals surface area contributed by atoms with Gasteiger partial charge in [-0.05, 0) is 79.9 Å². The summed E-state index contributed by atoms with van der Waals surface area (Å²) in [6.07, 6.45) is 4.80. The summed E-state index contributed by atoms with van der Waals surface area (Å²) >= 11 is 0. The van der Waals surface area contributed by atoms with Crippen LogP contribution in [-0.4, -0.2) is 29.8 Å². The number of para-hydroxylation sites is 1. The van der Waals surface area contributed by atoms with Crippen LogP contribution in [0.4, 0.5) is 18.9 Å². The average Bonchev–Trinajstić information content (AvgIpc) is 3.13. The second-order valence-corrected chi connectivity index (χ2v) is 11.3. The molecule has 0 bridgehead atoms. The molecule has 3 fully saturated rings. The van der Waals surface area contributed by atoms with Crippen LogP contribution < -0.4 is 5.32 Å². The number of hydrogen-bond donors (Lipinski definition) is 1. The lowest BCUT2D eigenvalue weighted by Crippen LogP contribution is -2.59. The van der Waals surface area contributed by atoms with Gasteiger partial charge < -0.3 is 10.2 Å². The van der Waals surface area contributed by atoms with Gasteiger partial charge in [0.2, 0.25) is 11.8 Å². The van der Waals surface area contributed by atoms with Gasteiger partial charge in [-0.3, -0.25) is 9.59 Å². The third kappa shape index (κ3) is 3.41. The van der Waals surface area contributed by atoms with E-state index < -0.39 is 11.7 Å². The lowest BCUT2D eigenvalue weighted by molar-refractivity contribution is -0.141. The number of carbonyl (C=O) groups excluding carboxylic acids is 2. The zero-order valence-corrected chi connectivity index (χ0v) is 20.0. The largest absolute Gasteiger partial charge is 0.418 e. The van der Waals surface area contributed by atoms with E-state index in [4.69, 9.17) is 0 Å². The minimum atomic E-state index is -4.51. The maximum atomic E-state index is 13.4. The van der Waals surface area contributed by atoms with Crippen molar-refractivity contribution in [3.8, 4) is 0 Å². The first-order chi connectivity index (χ1) is 16.0. The number of nitrogens with one attached hydrogen (secondary N) is 1. The van der Waals surface area contributed by atoms with E-state index in [0.29, 0.717) is 24.2 Å². The molecular formula is C27H33F3N2O2. The van der Waals surface area contributed by atoms with E-state index in [1.54, 1.807) is 6.08 Å². The Labute approximate surface area is 199 Å². The van der Waals surface area contributed by atoms with Crippen molar-refractivity contribution in [1.82, 2.24) is 4.90 Å². The molecule has 1 heterocycles. The third-order valence-corrected chi connectivity index (χ3v) is 9.93. The summed E-state index contributed by atoms with van der Waals surface area (Å²) in [6.45, 7) is 4.46. The van der Waals surface area contributed by atoms with Crippen LogP contribution in [-0.2, 0) is 15.8 Å². The van der Waals surface area contributed by atoms with Crippen molar-refractivity contribution in [3.63, 3.8) is 0 Å². The summed E-state index contributed by atoms with van der Waals surface area (Å²) in [7, 11) is 1.90. The molecule has 0 saturated heterocycles. The minimum absolute atomic E-state index is 0.0679. The molecule has 184 valence electrons. The highest BCUT2D eigenvalue weighted by Crippen LogP contribution is 2.65. The number of carbonyl (C=O) groups is 2. The summed E-state index contributed by atoms with van der Waals surface area (Å²) in [5, 5.41) is 2.64. The van der Waals surface area contributed by atoms with Crippen molar-refractivity contribution in [2.24, 2.45) is 34.5 Å². The Morgan fingerprint density at radius 3 is 2.53 bits per heavy atom. The Balaban J connectivity index is 1.38. The number of benzene rings is 1. The predicted molar refractivity (Wildman–Crippen MR) is 124 cm³/mol. The Bertz CT molecular complexity index is 1040. The fourth-order valence-electron chi connectivity index (χ4n) is 8.23. The van der Waals surface area contributed by atoms with Gasteiger partial charge in [0.1, 0.15) is 0 Å². The first kappa shape index (κ1) is 23.4. The molecule has 1 aromatic carbocycles. The molecule has 7 atom stereocenters. The van der Waals surface area contributed by atoms with E-state index >= 15 is 0 Å². The zero-order chi connectivity index (χ0) is 24.5. The molecule has 7 heteroatoms. The van der Waals surface area contributed by atoms with Gasteiger partial charge in [0.25, 0.3) is 0 Å². The molecule has 0 aromatic heterocycles. The smallest absolute Gasteiger partial charge is 0.338 e. The van der Waals surface area contributed by atoms with Crippen LogP contribution >= 0.6 is 0 Å². The van der Waals surface area contributed by atoms with Crippen LogP contribution in [0, 0.1) is 34.5 Å². The summed E-state index contributed by atoms with van der Waals surface area (Å²) in [6, 6.07) is 5.41. The zero-order valence-electron chi connectivity index (χ0n) is 20.0. The van der Waals surface area contributed by atoms with Gasteiger partial charge in [0.15, 0.2) is 0 Å². The van der Waals surface area contributed by atoms with Gasteiger partial charge in [-0.25, -0.2) is 0 Å². The molecule has 4 aliphatic rings. The molecule has 1 aliphatic heterocycles. The highest BCUT2D eigenvalue weighted by atomic mass is 19.4. The van der Waals surface area contributed by atoms with E-state index in [1.165, 1.54) is 18.2 Å². The van der Waals surface area contributed by atoms with Crippen LogP contribution in [0.5, 0.6) is 0 Å². The van der Waals surface area contributed by atoms with E-state index in [9.17, 15) is 22.8 Å². The van der Waals surface area contributed by atoms with Crippen LogP contribution in [0.2, 0.25) is 0 Å². The number of halogens is 3. The molecule has 4 nitrogen and oxygen atoms in total. The lowest BCUT2D eigenvalue weighted by atomic mass is 9.47. The molecule has 34 heavy (non-hydrogen) atoms. The summed E-state index contributed by atoms with van der Waals surface area (Å²) in [4.78, 5) is 27.5. The van der Waals surface area contributed by atoms with Gasteiger partial charge in [0.05, 0.1) is 11.3 Å². The second kappa shape index (κ2) is 7.85. The highest BCUT2D eigenvalue weighted by molar-refractivity contribution is 5.94. The molecule has 5 rings (SSSR count). The molecule has 1 N–H and O–H groups in total. The number of anilines is 1. The number of alkyl halides is 3. The fraction of sp³-hybridized carbons (Fsp3) is 0.630. The molecular weight excluding hydrogens is 441 g/mol. The molecule has 0 spiro atoms. The SMILES string of the molecule is CN1C(=O)C=C[C@]2(C)C3CC[C@]4(C)C(C(=O)Nc5ccccc5C(F)(F)F)CCC4C3CCC12. The summed E-state index contributed by atoms with van der Waals surface area (Å²) < 4.78 is 40.3. The number of amides is 2. The van der Waals surface area contributed by atoms with Crippen molar-refractivity contribution in [2.75, 3.05) is 12.4 Å². The Morgan fingerprint density at radius 2 is 1.79 bits per heavy atom. The van der Waals surface area contributed by atoms with Crippen LogP contribution in [0.25, 0.3) is 0 Å². The van der Waals surface area contributed by atoms with E-state index in [0.717, 1.165) is 38.2 Å². The minimum Gasteiger partial charge on any atom is -0.338 e. The molecule has 0 radical (unpaired) electrons. The van der Waals surface area contributed by atoms with Crippen LogP contribution in [0.1, 0.15) is 57.9 Å². The van der Waals surface area contributed by atoms with Crippen LogP contribution in [0.15, 0.2) is 36.4 Å². The monoisotopic (exact) mass is 474 g/mol. The Hall–Kier alpha value is -2.31. The first-order valence-electron chi connectivity index (χ1n) is 12.4. The highest BCUT2D eigenvalue weighted by Gasteiger charge is 2.61. The van der Waals surface area contributed by atoms with Gasteiger partial charge in [-0.15, -0.1) is 0 Å². The van der Waals surface area contributed by atoms with E-state index in [1.807, 2.05) is 11.9 Å². The number of hydrogen-bond acceptors (Lipinski definition) is 2. The third-order valence-electron chi connectivity index (χ3n) is 9.93. The van der Waals surface area contributed by atoms with Crippen molar-refractivity contribution in [3.05, 3.63) is 42.0 Å². The maximum Gasteiger partial charge on any atom is 0.418 e. The van der Waals surface area contributed by atoms with Crippen LogP contribution in [0.3, 0.4) is 0 Å². The fourth-order valence-corrected chi connectivity index (χ4v) is 8.23. The number of fused-ring (bicyclic) bond motifs is 5. The van der Waals surface area contributed by atoms with Crippen molar-refractivity contribution in [1.29, 1.82) is 0 Å². The van der Waals surface area contributed by atoms with Crippen molar-refractivity contribution >= 4 is 17.5 Å². The Morgan fingerprint density at radius 1 is 1.06 bits per heavy atom. The average molecular weight is 475 g/mol. The number of rotatable bonds is 2. The maximum absolute atomic E-state index is 13.4. The molecule has 2 amide bonds. The normalized spacial score (nSPS) is 39.3. The van der Waals surface area contributed by atoms with Gasteiger partial charge in [0, 0.05) is 24.4 Å². The quantitative estimate of drug-likeness (QED) is 0.580. The number of nitrogens with zero attached hydrogens (tertiary/aromatic N) is 1. The molecule has 3 saturated carbocycles. The van der Waals surface area contributed by atoms with E-state index in [2.05, 4.69) is 25.2 Å². The van der Waals surface area contributed by atoms with Gasteiger partial charge in [-0.2, -0.15) is 13.2 Å². The Kier molecular flexibility index (Phi) is 5.41. The van der Waals surface area contributed by atoms with Gasteiger partial charge >= 0.3 is 6.18 Å². The number of likely N-dealkylation sites (N-methyl/N-ethyl adjacent to an activating group) is 1. The van der Waals surface area contributed by atoms with Crippen molar-refractivity contribution < 1.29 is 22.8 Å². The molecule has 5 unspecified atom stereocenters. The molecule has 1 aromatic rings. The second-order valence-electron chi connectivity index (χ2n) is 11.3. The summed E-state index contributed by atoms with van der Waals surface area (Å²) in [5.74, 6) is 0.766. The first-order valence-corrected chi connectivity index (χ1v) is 12.4. The summed E-state index contributed by atoms with van der Waals surface area (Å²) in [5.41, 5.74) is -1.25. The topological polar surface area (TPSA) is 49.4 Å². The van der Waals surface area contributed by atoms with Crippen molar-refractivity contribution in [2.45, 2.75) is 64.6 Å². The van der Waals surface area contributed by atoms with E-state index in [-0.39, 0.29) is 40.3 Å².